The summed E-state index contributed by atoms with van der Waals surface area (Å²) >= 11 is 0. The summed E-state index contributed by atoms with van der Waals surface area (Å²) in [5.41, 5.74) is 5.64. The normalized spacial score (nSPS) is 13.9. The van der Waals surface area contributed by atoms with Gasteiger partial charge in [0.1, 0.15) is 11.6 Å². The van der Waals surface area contributed by atoms with Crippen molar-refractivity contribution < 1.29 is 13.9 Å². The predicted molar refractivity (Wildman–Crippen MR) is 122 cm³/mol. The molecule has 1 aromatic heterocycles. The summed E-state index contributed by atoms with van der Waals surface area (Å²) in [5.74, 6) is 0.661. The molecule has 1 aliphatic rings. The van der Waals surface area contributed by atoms with E-state index in [1.807, 2.05) is 12.1 Å². The van der Waals surface area contributed by atoms with Crippen molar-refractivity contribution in [3.8, 4) is 17.0 Å². The number of aromatic nitrogens is 2. The van der Waals surface area contributed by atoms with Gasteiger partial charge in [0.25, 0.3) is 5.91 Å². The van der Waals surface area contributed by atoms with E-state index in [2.05, 4.69) is 48.0 Å². The number of piperazine rings is 1. The van der Waals surface area contributed by atoms with Crippen LogP contribution in [-0.2, 0) is 4.79 Å². The van der Waals surface area contributed by atoms with Gasteiger partial charge in [0, 0.05) is 37.8 Å². The maximum absolute atomic E-state index is 13.2. The number of carbonyl (C=O) groups is 1. The Kier molecular flexibility index (Phi) is 6.35. The van der Waals surface area contributed by atoms with Crippen LogP contribution in [0.4, 0.5) is 10.2 Å². The van der Waals surface area contributed by atoms with Crippen LogP contribution < -0.4 is 9.64 Å². The molecule has 0 bridgehead atoms. The zero-order valence-corrected chi connectivity index (χ0v) is 18.6. The number of halogens is 1. The first kappa shape index (κ1) is 21.7. The van der Waals surface area contributed by atoms with Gasteiger partial charge in [-0.05, 0) is 67.8 Å². The maximum atomic E-state index is 13.2. The molecule has 1 fully saturated rings. The fourth-order valence-corrected chi connectivity index (χ4v) is 3.85. The molecule has 3 aromatic rings. The Morgan fingerprint density at radius 1 is 0.938 bits per heavy atom. The van der Waals surface area contributed by atoms with Crippen LogP contribution in [0.2, 0.25) is 0 Å². The minimum absolute atomic E-state index is 0.104. The molecule has 1 saturated heterocycles. The topological polar surface area (TPSA) is 58.6 Å². The lowest BCUT2D eigenvalue weighted by atomic mass is 9.99. The fourth-order valence-electron chi connectivity index (χ4n) is 3.85. The highest BCUT2D eigenvalue weighted by atomic mass is 19.1. The highest BCUT2D eigenvalue weighted by Gasteiger charge is 2.22. The second-order valence-electron chi connectivity index (χ2n) is 8.14. The lowest BCUT2D eigenvalue weighted by Crippen LogP contribution is -2.50. The minimum Gasteiger partial charge on any atom is -0.484 e. The highest BCUT2D eigenvalue weighted by Crippen LogP contribution is 2.25. The number of carbonyl (C=O) groups excluding carboxylic acids is 1. The van der Waals surface area contributed by atoms with Gasteiger partial charge in [-0.25, -0.2) is 4.39 Å². The number of benzene rings is 2. The van der Waals surface area contributed by atoms with Gasteiger partial charge in [-0.1, -0.05) is 12.1 Å². The van der Waals surface area contributed by atoms with Gasteiger partial charge in [-0.2, -0.15) is 0 Å². The van der Waals surface area contributed by atoms with Crippen LogP contribution in [0.15, 0.2) is 48.5 Å². The molecule has 2 heterocycles. The van der Waals surface area contributed by atoms with E-state index in [1.165, 1.54) is 28.8 Å². The Labute approximate surface area is 187 Å². The molecule has 0 N–H and O–H groups in total. The van der Waals surface area contributed by atoms with E-state index in [1.54, 1.807) is 17.0 Å². The Bertz CT molecular complexity index is 1110. The number of rotatable bonds is 5. The third kappa shape index (κ3) is 4.88. The summed E-state index contributed by atoms with van der Waals surface area (Å²) in [5, 5.41) is 8.90. The molecule has 0 atom stereocenters. The fraction of sp³-hybridized carbons (Fsp3) is 0.320. The largest absolute Gasteiger partial charge is 0.484 e. The van der Waals surface area contributed by atoms with Crippen molar-refractivity contribution in [3.63, 3.8) is 0 Å². The summed E-state index contributed by atoms with van der Waals surface area (Å²) < 4.78 is 18.7. The van der Waals surface area contributed by atoms with Gasteiger partial charge >= 0.3 is 0 Å². The van der Waals surface area contributed by atoms with Gasteiger partial charge in [0.05, 0.1) is 5.69 Å². The van der Waals surface area contributed by atoms with E-state index in [4.69, 9.17) is 4.74 Å². The van der Waals surface area contributed by atoms with E-state index in [0.717, 1.165) is 17.1 Å². The Balaban J connectivity index is 1.33. The molecule has 0 aliphatic carbocycles. The molecule has 6 nitrogen and oxygen atoms in total. The van der Waals surface area contributed by atoms with Crippen molar-refractivity contribution in [2.24, 2.45) is 0 Å². The van der Waals surface area contributed by atoms with E-state index >= 15 is 0 Å². The van der Waals surface area contributed by atoms with E-state index in [9.17, 15) is 9.18 Å². The van der Waals surface area contributed by atoms with Crippen LogP contribution in [0.3, 0.4) is 0 Å². The van der Waals surface area contributed by atoms with Crippen LogP contribution in [0.25, 0.3) is 11.3 Å². The number of ether oxygens (including phenoxy) is 1. The first-order valence-electron chi connectivity index (χ1n) is 10.7. The second kappa shape index (κ2) is 9.34. The quantitative estimate of drug-likeness (QED) is 0.609. The molecule has 0 radical (unpaired) electrons. The Hall–Kier alpha value is -3.48. The molecule has 1 aliphatic heterocycles. The summed E-state index contributed by atoms with van der Waals surface area (Å²) in [4.78, 5) is 16.3. The van der Waals surface area contributed by atoms with Crippen molar-refractivity contribution in [1.82, 2.24) is 15.1 Å². The molecule has 2 aromatic carbocycles. The molecule has 166 valence electrons. The summed E-state index contributed by atoms with van der Waals surface area (Å²) in [6.07, 6.45) is 0. The maximum Gasteiger partial charge on any atom is 0.260 e. The molecule has 4 rings (SSSR count). The Morgan fingerprint density at radius 3 is 2.38 bits per heavy atom. The number of amides is 1. The summed E-state index contributed by atoms with van der Waals surface area (Å²) in [6, 6.07) is 14.1. The monoisotopic (exact) mass is 434 g/mol. The molecule has 0 unspecified atom stereocenters. The number of aryl methyl sites for hydroxylation is 3. The van der Waals surface area contributed by atoms with Crippen LogP contribution >= 0.6 is 0 Å². The van der Waals surface area contributed by atoms with Gasteiger partial charge in [0.2, 0.25) is 0 Å². The summed E-state index contributed by atoms with van der Waals surface area (Å²) in [6.45, 7) is 8.68. The molecule has 7 heteroatoms. The van der Waals surface area contributed by atoms with Crippen LogP contribution in [0.5, 0.6) is 5.75 Å². The second-order valence-corrected chi connectivity index (χ2v) is 8.14. The number of nitrogens with zero attached hydrogens (tertiary/aromatic N) is 4. The molecule has 32 heavy (non-hydrogen) atoms. The SMILES string of the molecule is Cc1cc(C)c(-c2ccc(N3CCN(C(=O)COc4cccc(F)c4)CC3)nn2)cc1C. The van der Waals surface area contributed by atoms with Crippen molar-refractivity contribution in [1.29, 1.82) is 0 Å². The third-order valence-corrected chi connectivity index (χ3v) is 5.88. The van der Waals surface area contributed by atoms with Crippen LogP contribution in [0.1, 0.15) is 16.7 Å². The lowest BCUT2D eigenvalue weighted by Gasteiger charge is -2.35. The standard InChI is InChI=1S/C25H27FN4O2/c1-17-13-19(3)22(14-18(17)2)23-7-8-24(28-27-23)29-9-11-30(12-10-29)25(31)16-32-21-6-4-5-20(26)15-21/h4-8,13-15H,9-12,16H2,1-3H3. The first-order valence-corrected chi connectivity index (χ1v) is 10.7. The average molecular weight is 435 g/mol. The van der Waals surface area contributed by atoms with Gasteiger partial charge in [-0.15, -0.1) is 10.2 Å². The highest BCUT2D eigenvalue weighted by molar-refractivity contribution is 5.78. The van der Waals surface area contributed by atoms with E-state index < -0.39 is 0 Å². The zero-order chi connectivity index (χ0) is 22.7. The smallest absolute Gasteiger partial charge is 0.260 e. The number of hydrogen-bond acceptors (Lipinski definition) is 5. The minimum atomic E-state index is -0.386. The van der Waals surface area contributed by atoms with Crippen LogP contribution in [-0.4, -0.2) is 53.8 Å². The van der Waals surface area contributed by atoms with E-state index in [-0.39, 0.29) is 18.3 Å². The molecule has 0 spiro atoms. The zero-order valence-electron chi connectivity index (χ0n) is 18.6. The lowest BCUT2D eigenvalue weighted by molar-refractivity contribution is -0.133. The first-order chi connectivity index (χ1) is 15.4. The van der Waals surface area contributed by atoms with Crippen molar-refractivity contribution in [3.05, 3.63) is 71.0 Å². The number of anilines is 1. The Morgan fingerprint density at radius 2 is 1.69 bits per heavy atom. The summed E-state index contributed by atoms with van der Waals surface area (Å²) in [7, 11) is 0. The predicted octanol–water partition coefficient (Wildman–Crippen LogP) is 3.94. The molecule has 1 amide bonds. The van der Waals surface area contributed by atoms with Crippen LogP contribution in [0, 0.1) is 26.6 Å². The van der Waals surface area contributed by atoms with Crippen molar-refractivity contribution >= 4 is 11.7 Å². The van der Waals surface area contributed by atoms with Crippen molar-refractivity contribution in [2.75, 3.05) is 37.7 Å². The number of hydrogen-bond donors (Lipinski definition) is 0. The third-order valence-electron chi connectivity index (χ3n) is 5.88. The van der Waals surface area contributed by atoms with Gasteiger partial charge in [-0.3, -0.25) is 4.79 Å². The average Bonchev–Trinajstić information content (AvgIpc) is 2.80. The molecule has 0 saturated carbocycles. The molecular weight excluding hydrogens is 407 g/mol. The van der Waals surface area contributed by atoms with Gasteiger partial charge in [0.15, 0.2) is 12.4 Å². The molecular formula is C25H27FN4O2. The van der Waals surface area contributed by atoms with Gasteiger partial charge < -0.3 is 14.5 Å². The van der Waals surface area contributed by atoms with Crippen molar-refractivity contribution in [2.45, 2.75) is 20.8 Å². The van der Waals surface area contributed by atoms with E-state index in [0.29, 0.717) is 31.9 Å².